The maximum absolute atomic E-state index is 5.42. The van der Waals surface area contributed by atoms with Gasteiger partial charge in [0.25, 0.3) is 0 Å². The second kappa shape index (κ2) is 7.35. The highest BCUT2D eigenvalue weighted by molar-refractivity contribution is 5.20. The topological polar surface area (TPSA) is 30.5 Å². The van der Waals surface area contributed by atoms with Gasteiger partial charge in [-0.15, -0.1) is 0 Å². The molecule has 1 rings (SSSR count). The molecule has 3 nitrogen and oxygen atoms in total. The number of hydrogen-bond donors (Lipinski definition) is 1. The third-order valence-corrected chi connectivity index (χ3v) is 1.65. The number of hydroxylamine groups is 1. The molecule has 0 atom stereocenters. The van der Waals surface area contributed by atoms with E-state index in [9.17, 15) is 0 Å². The number of nitrogens with one attached hydrogen (secondary N) is 1. The summed E-state index contributed by atoms with van der Waals surface area (Å²) in [5.74, 6) is 0.881. The van der Waals surface area contributed by atoms with Gasteiger partial charge in [0, 0.05) is 6.54 Å². The van der Waals surface area contributed by atoms with Crippen molar-refractivity contribution in [1.82, 2.24) is 5.48 Å². The fraction of sp³-hybridized carbons (Fsp3) is 0.455. The average Bonchev–Trinajstić information content (AvgIpc) is 2.25. The summed E-state index contributed by atoms with van der Waals surface area (Å²) in [7, 11) is 0. The molecule has 0 aliphatic heterocycles. The van der Waals surface area contributed by atoms with Gasteiger partial charge in [0.2, 0.25) is 0 Å². The second-order valence-corrected chi connectivity index (χ2v) is 2.90. The Morgan fingerprint density at radius 3 is 2.64 bits per heavy atom. The first kappa shape index (κ1) is 11.0. The van der Waals surface area contributed by atoms with Crippen LogP contribution in [-0.4, -0.2) is 19.8 Å². The minimum absolute atomic E-state index is 0.564. The highest BCUT2D eigenvalue weighted by atomic mass is 16.7. The lowest BCUT2D eigenvalue weighted by molar-refractivity contribution is 0.0227. The van der Waals surface area contributed by atoms with Gasteiger partial charge in [0.15, 0.2) is 0 Å². The molecule has 0 aliphatic carbocycles. The quantitative estimate of drug-likeness (QED) is 0.533. The molecule has 0 saturated heterocycles. The molecule has 0 bridgehead atoms. The van der Waals surface area contributed by atoms with Gasteiger partial charge in [-0.3, -0.25) is 4.84 Å². The fourth-order valence-electron chi connectivity index (χ4n) is 0.964. The lowest BCUT2D eigenvalue weighted by Crippen LogP contribution is -2.19. The Morgan fingerprint density at radius 1 is 1.14 bits per heavy atom. The van der Waals surface area contributed by atoms with Crippen LogP contribution in [0.15, 0.2) is 30.3 Å². The van der Waals surface area contributed by atoms with E-state index in [1.165, 1.54) is 0 Å². The summed E-state index contributed by atoms with van der Waals surface area (Å²) >= 11 is 0. The van der Waals surface area contributed by atoms with E-state index in [-0.39, 0.29) is 0 Å². The Bertz CT molecular complexity index is 226. The molecule has 1 N–H and O–H groups in total. The summed E-state index contributed by atoms with van der Waals surface area (Å²) in [6, 6.07) is 9.72. The number of benzene rings is 1. The molecule has 0 aliphatic rings. The zero-order valence-electron chi connectivity index (χ0n) is 8.53. The van der Waals surface area contributed by atoms with Gasteiger partial charge in [-0.25, -0.2) is 5.48 Å². The molecule has 0 amide bonds. The van der Waals surface area contributed by atoms with Crippen LogP contribution in [-0.2, 0) is 4.84 Å². The van der Waals surface area contributed by atoms with E-state index in [0.29, 0.717) is 13.2 Å². The van der Waals surface area contributed by atoms with Crippen molar-refractivity contribution < 1.29 is 9.57 Å². The van der Waals surface area contributed by atoms with Gasteiger partial charge in [0.05, 0.1) is 0 Å². The summed E-state index contributed by atoms with van der Waals surface area (Å²) in [6.07, 6.45) is 1.07. The van der Waals surface area contributed by atoms with Crippen molar-refractivity contribution in [2.75, 3.05) is 19.8 Å². The highest BCUT2D eigenvalue weighted by Crippen LogP contribution is 2.07. The minimum Gasteiger partial charge on any atom is -0.491 e. The minimum atomic E-state index is 0.564. The summed E-state index contributed by atoms with van der Waals surface area (Å²) in [5.41, 5.74) is 2.84. The normalized spacial score (nSPS) is 10.1. The van der Waals surface area contributed by atoms with Crippen LogP contribution in [0, 0.1) is 0 Å². The molecule has 1 aromatic rings. The van der Waals surface area contributed by atoms with E-state index in [2.05, 4.69) is 12.4 Å². The molecule has 0 fully saturated rings. The molecule has 0 saturated carbocycles. The predicted molar refractivity (Wildman–Crippen MR) is 56.2 cm³/mol. The Labute approximate surface area is 85.0 Å². The summed E-state index contributed by atoms with van der Waals surface area (Å²) in [5, 5.41) is 0. The Hall–Kier alpha value is -1.06. The Balaban J connectivity index is 1.99. The van der Waals surface area contributed by atoms with Crippen molar-refractivity contribution >= 4 is 0 Å². The number of hydrogen-bond acceptors (Lipinski definition) is 3. The maximum Gasteiger partial charge on any atom is 0.119 e. The molecular weight excluding hydrogens is 178 g/mol. The molecule has 14 heavy (non-hydrogen) atoms. The largest absolute Gasteiger partial charge is 0.491 e. The van der Waals surface area contributed by atoms with Gasteiger partial charge in [0.1, 0.15) is 19.0 Å². The molecule has 0 heterocycles. The summed E-state index contributed by atoms with van der Waals surface area (Å²) in [4.78, 5) is 5.12. The van der Waals surface area contributed by atoms with Gasteiger partial charge >= 0.3 is 0 Å². The predicted octanol–water partition coefficient (Wildman–Crippen LogP) is 2.00. The first-order chi connectivity index (χ1) is 6.93. The molecule has 3 heteroatoms. The highest BCUT2D eigenvalue weighted by Gasteiger charge is 1.91. The van der Waals surface area contributed by atoms with E-state index in [1.54, 1.807) is 0 Å². The Kier molecular flexibility index (Phi) is 5.79. The van der Waals surface area contributed by atoms with Crippen LogP contribution in [0.5, 0.6) is 5.75 Å². The molecule has 1 aromatic carbocycles. The number of rotatable bonds is 7. The molecule has 0 spiro atoms. The molecule has 78 valence electrons. The van der Waals surface area contributed by atoms with Crippen LogP contribution >= 0.6 is 0 Å². The third kappa shape index (κ3) is 4.84. The standard InChI is InChI=1S/C11H17NO2/c1-2-8-12-14-10-9-13-11-6-4-3-5-7-11/h3-7,12H,2,8-10H2,1H3. The summed E-state index contributed by atoms with van der Waals surface area (Å²) in [6.45, 7) is 4.11. The lowest BCUT2D eigenvalue weighted by Gasteiger charge is -2.06. The maximum atomic E-state index is 5.42. The molecule has 0 radical (unpaired) electrons. The van der Waals surface area contributed by atoms with Gasteiger partial charge in [-0.1, -0.05) is 25.1 Å². The monoisotopic (exact) mass is 195 g/mol. The van der Waals surface area contributed by atoms with E-state index in [4.69, 9.17) is 9.57 Å². The second-order valence-electron chi connectivity index (χ2n) is 2.90. The van der Waals surface area contributed by atoms with Crippen molar-refractivity contribution in [1.29, 1.82) is 0 Å². The van der Waals surface area contributed by atoms with Gasteiger partial charge < -0.3 is 4.74 Å². The van der Waals surface area contributed by atoms with Crippen LogP contribution in [0.3, 0.4) is 0 Å². The van der Waals surface area contributed by atoms with Crippen LogP contribution in [0.25, 0.3) is 0 Å². The third-order valence-electron chi connectivity index (χ3n) is 1.65. The molecule has 0 unspecified atom stereocenters. The van der Waals surface area contributed by atoms with E-state index < -0.39 is 0 Å². The van der Waals surface area contributed by atoms with Crippen LogP contribution in [0.2, 0.25) is 0 Å². The zero-order chi connectivity index (χ0) is 10.1. The Morgan fingerprint density at radius 2 is 1.93 bits per heavy atom. The van der Waals surface area contributed by atoms with Gasteiger partial charge in [-0.05, 0) is 18.6 Å². The van der Waals surface area contributed by atoms with Crippen LogP contribution in [0.1, 0.15) is 13.3 Å². The van der Waals surface area contributed by atoms with Crippen molar-refractivity contribution in [2.45, 2.75) is 13.3 Å². The average molecular weight is 195 g/mol. The van der Waals surface area contributed by atoms with Crippen molar-refractivity contribution in [3.8, 4) is 5.75 Å². The SMILES string of the molecule is CCCNOCCOc1ccccc1. The number of para-hydroxylation sites is 1. The first-order valence-corrected chi connectivity index (χ1v) is 4.96. The van der Waals surface area contributed by atoms with Crippen molar-refractivity contribution in [3.63, 3.8) is 0 Å². The number of ether oxygens (including phenoxy) is 1. The van der Waals surface area contributed by atoms with Crippen LogP contribution < -0.4 is 10.2 Å². The lowest BCUT2D eigenvalue weighted by atomic mass is 10.3. The molecule has 0 aromatic heterocycles. The molecular formula is C11H17NO2. The van der Waals surface area contributed by atoms with Gasteiger partial charge in [-0.2, -0.15) is 0 Å². The van der Waals surface area contributed by atoms with Crippen molar-refractivity contribution in [2.24, 2.45) is 0 Å². The van der Waals surface area contributed by atoms with Crippen molar-refractivity contribution in [3.05, 3.63) is 30.3 Å². The fourth-order valence-corrected chi connectivity index (χ4v) is 0.964. The van der Waals surface area contributed by atoms with Crippen LogP contribution in [0.4, 0.5) is 0 Å². The van der Waals surface area contributed by atoms with E-state index in [0.717, 1.165) is 18.7 Å². The van der Waals surface area contributed by atoms with E-state index in [1.807, 2.05) is 30.3 Å². The zero-order valence-corrected chi connectivity index (χ0v) is 8.53. The van der Waals surface area contributed by atoms with E-state index >= 15 is 0 Å². The first-order valence-electron chi connectivity index (χ1n) is 4.96. The smallest absolute Gasteiger partial charge is 0.119 e. The summed E-state index contributed by atoms with van der Waals surface area (Å²) < 4.78 is 5.42.